The first-order valence-electron chi connectivity index (χ1n) is 7.63. The molecule has 0 amide bonds. The number of piperazine rings is 1. The lowest BCUT2D eigenvalue weighted by Gasteiger charge is -2.33. The smallest absolute Gasteiger partial charge is 0.236 e. The molecule has 124 valence electrons. The minimum absolute atomic E-state index is 0.463. The normalized spacial score (nSPS) is 17.1. The molecule has 2 heterocycles. The largest absolute Gasteiger partial charge is 0.354 e. The van der Waals surface area contributed by atoms with E-state index in [4.69, 9.17) is 0 Å². The van der Waals surface area contributed by atoms with Gasteiger partial charge in [-0.2, -0.15) is 4.31 Å². The van der Waals surface area contributed by atoms with Crippen LogP contribution in [0.25, 0.3) is 0 Å². The van der Waals surface area contributed by atoms with Gasteiger partial charge < -0.3 is 4.90 Å². The minimum Gasteiger partial charge on any atom is -0.354 e. The van der Waals surface area contributed by atoms with Crippen molar-refractivity contribution in [1.82, 2.24) is 9.29 Å². The van der Waals surface area contributed by atoms with Crippen molar-refractivity contribution in [3.8, 4) is 11.5 Å². The number of rotatable bonds is 3. The molecule has 0 saturated carbocycles. The van der Waals surface area contributed by atoms with Gasteiger partial charge in [0.05, 0.1) is 5.41 Å². The molecule has 0 spiro atoms. The minimum atomic E-state index is -3.39. The van der Waals surface area contributed by atoms with Gasteiger partial charge in [-0.1, -0.05) is 31.6 Å². The number of pyridine rings is 1. The van der Waals surface area contributed by atoms with Crippen molar-refractivity contribution in [3.63, 3.8) is 0 Å². The SMILES string of the molecule is C[Si](C)(C)C#CC=CS(=O)(=O)N1CCN(c2ccccn2)CC1. The zero-order chi connectivity index (χ0) is 16.9. The molecular formula is C16H23N3O2SSi. The van der Waals surface area contributed by atoms with Crippen molar-refractivity contribution in [2.75, 3.05) is 31.1 Å². The lowest BCUT2D eigenvalue weighted by atomic mass is 10.3. The van der Waals surface area contributed by atoms with Crippen LogP contribution in [0.5, 0.6) is 0 Å². The van der Waals surface area contributed by atoms with Crippen LogP contribution in [-0.4, -0.2) is 52.0 Å². The van der Waals surface area contributed by atoms with E-state index in [1.54, 1.807) is 6.20 Å². The highest BCUT2D eigenvalue weighted by atomic mass is 32.2. The Labute approximate surface area is 140 Å². The molecule has 1 aliphatic rings. The molecule has 0 radical (unpaired) electrons. The quantitative estimate of drug-likeness (QED) is 0.618. The van der Waals surface area contributed by atoms with Crippen LogP contribution in [0.3, 0.4) is 0 Å². The summed E-state index contributed by atoms with van der Waals surface area (Å²) in [5.74, 6) is 3.75. The third kappa shape index (κ3) is 5.50. The summed E-state index contributed by atoms with van der Waals surface area (Å²) in [7, 11) is -4.86. The fourth-order valence-electron chi connectivity index (χ4n) is 2.18. The van der Waals surface area contributed by atoms with Crippen molar-refractivity contribution in [3.05, 3.63) is 35.9 Å². The Kier molecular flexibility index (Phi) is 5.63. The summed E-state index contributed by atoms with van der Waals surface area (Å²) in [5, 5.41) is 1.22. The molecule has 1 aromatic rings. The summed E-state index contributed by atoms with van der Waals surface area (Å²) >= 11 is 0. The standard InChI is InChI=1S/C16H23N3O2SSi/c1-23(2,3)15-7-6-14-22(20,21)19-12-10-18(11-13-19)16-8-4-5-9-17-16/h4-6,8-9,14H,10-13H2,1-3H3. The zero-order valence-corrected chi connectivity index (χ0v) is 15.7. The van der Waals surface area contributed by atoms with E-state index in [-0.39, 0.29) is 0 Å². The molecule has 1 aromatic heterocycles. The van der Waals surface area contributed by atoms with E-state index in [0.717, 1.165) is 5.82 Å². The molecule has 1 aliphatic heterocycles. The number of sulfonamides is 1. The number of anilines is 1. The number of hydrogen-bond donors (Lipinski definition) is 0. The Morgan fingerprint density at radius 2 is 1.87 bits per heavy atom. The maximum absolute atomic E-state index is 12.3. The molecule has 1 fully saturated rings. The average molecular weight is 350 g/mol. The van der Waals surface area contributed by atoms with Gasteiger partial charge in [0.25, 0.3) is 0 Å². The molecule has 0 aromatic carbocycles. The van der Waals surface area contributed by atoms with Crippen molar-refractivity contribution >= 4 is 23.9 Å². The second-order valence-corrected chi connectivity index (χ2v) is 13.0. The average Bonchev–Trinajstić information content (AvgIpc) is 2.52. The van der Waals surface area contributed by atoms with Gasteiger partial charge in [-0.05, 0) is 12.1 Å². The van der Waals surface area contributed by atoms with E-state index in [9.17, 15) is 8.42 Å². The van der Waals surface area contributed by atoms with Gasteiger partial charge in [-0.15, -0.1) is 5.54 Å². The molecule has 0 N–H and O–H groups in total. The van der Waals surface area contributed by atoms with Crippen molar-refractivity contribution in [1.29, 1.82) is 0 Å². The van der Waals surface area contributed by atoms with E-state index >= 15 is 0 Å². The maximum atomic E-state index is 12.3. The lowest BCUT2D eigenvalue weighted by Crippen LogP contribution is -2.48. The third-order valence-electron chi connectivity index (χ3n) is 3.34. The van der Waals surface area contributed by atoms with E-state index in [1.807, 2.05) is 18.2 Å². The van der Waals surface area contributed by atoms with Gasteiger partial charge >= 0.3 is 0 Å². The van der Waals surface area contributed by atoms with Crippen LogP contribution >= 0.6 is 0 Å². The van der Waals surface area contributed by atoms with Crippen molar-refractivity contribution < 1.29 is 8.42 Å². The predicted octanol–water partition coefficient (Wildman–Crippen LogP) is 1.93. The molecule has 0 unspecified atom stereocenters. The summed E-state index contributed by atoms with van der Waals surface area (Å²) in [6.45, 7) is 8.59. The first-order valence-corrected chi connectivity index (χ1v) is 12.6. The van der Waals surface area contributed by atoms with Gasteiger partial charge in [0.1, 0.15) is 13.9 Å². The summed E-state index contributed by atoms with van der Waals surface area (Å²) < 4.78 is 26.1. The Hall–Kier alpha value is -1.62. The fourth-order valence-corrected chi connectivity index (χ4v) is 3.78. The van der Waals surface area contributed by atoms with Gasteiger partial charge in [0.2, 0.25) is 10.0 Å². The molecule has 23 heavy (non-hydrogen) atoms. The monoisotopic (exact) mass is 349 g/mol. The van der Waals surface area contributed by atoms with E-state index in [0.29, 0.717) is 26.2 Å². The summed E-state index contributed by atoms with van der Waals surface area (Å²) in [6, 6.07) is 5.75. The Morgan fingerprint density at radius 3 is 2.43 bits per heavy atom. The highest BCUT2D eigenvalue weighted by Gasteiger charge is 2.25. The van der Waals surface area contributed by atoms with Crippen LogP contribution in [0.4, 0.5) is 5.82 Å². The predicted molar refractivity (Wildman–Crippen MR) is 97.2 cm³/mol. The molecule has 2 rings (SSSR count). The lowest BCUT2D eigenvalue weighted by molar-refractivity contribution is 0.389. The Morgan fingerprint density at radius 1 is 1.17 bits per heavy atom. The molecule has 0 atom stereocenters. The van der Waals surface area contributed by atoms with Crippen LogP contribution in [0.2, 0.25) is 19.6 Å². The van der Waals surface area contributed by atoms with Gasteiger partial charge in [-0.25, -0.2) is 13.4 Å². The fraction of sp³-hybridized carbons (Fsp3) is 0.438. The van der Waals surface area contributed by atoms with Crippen LogP contribution in [0, 0.1) is 11.5 Å². The van der Waals surface area contributed by atoms with E-state index < -0.39 is 18.1 Å². The Balaban J connectivity index is 1.96. The second kappa shape index (κ2) is 7.30. The molecule has 1 saturated heterocycles. The van der Waals surface area contributed by atoms with Crippen LogP contribution in [0.1, 0.15) is 0 Å². The summed E-state index contributed by atoms with van der Waals surface area (Å²) in [4.78, 5) is 6.40. The number of allylic oxidation sites excluding steroid dienone is 1. The highest BCUT2D eigenvalue weighted by molar-refractivity contribution is 7.92. The van der Waals surface area contributed by atoms with Gasteiger partial charge in [-0.3, -0.25) is 0 Å². The topological polar surface area (TPSA) is 53.5 Å². The van der Waals surface area contributed by atoms with Gasteiger partial charge in [0.15, 0.2) is 0 Å². The zero-order valence-electron chi connectivity index (χ0n) is 13.9. The van der Waals surface area contributed by atoms with Gasteiger partial charge in [0, 0.05) is 38.5 Å². The number of nitrogens with zero attached hydrogens (tertiary/aromatic N) is 3. The summed E-state index contributed by atoms with van der Waals surface area (Å²) in [5.41, 5.74) is 3.13. The van der Waals surface area contributed by atoms with E-state index in [1.165, 1.54) is 15.8 Å². The first kappa shape index (κ1) is 17.7. The molecule has 0 bridgehead atoms. The first-order chi connectivity index (χ1) is 10.8. The highest BCUT2D eigenvalue weighted by Crippen LogP contribution is 2.15. The number of hydrogen-bond acceptors (Lipinski definition) is 4. The Bertz CT molecular complexity index is 707. The second-order valence-electron chi connectivity index (χ2n) is 6.44. The van der Waals surface area contributed by atoms with Crippen LogP contribution < -0.4 is 4.90 Å². The molecule has 7 heteroatoms. The van der Waals surface area contributed by atoms with Crippen LogP contribution in [-0.2, 0) is 10.0 Å². The van der Waals surface area contributed by atoms with Crippen LogP contribution in [0.15, 0.2) is 35.9 Å². The molecule has 0 aliphatic carbocycles. The molecule has 5 nitrogen and oxygen atoms in total. The summed E-state index contributed by atoms with van der Waals surface area (Å²) in [6.07, 6.45) is 3.21. The van der Waals surface area contributed by atoms with E-state index in [2.05, 4.69) is 41.0 Å². The number of aromatic nitrogens is 1. The third-order valence-corrected chi connectivity index (χ3v) is 5.80. The van der Waals surface area contributed by atoms with Crippen molar-refractivity contribution in [2.45, 2.75) is 19.6 Å². The van der Waals surface area contributed by atoms with Crippen molar-refractivity contribution in [2.24, 2.45) is 0 Å². The maximum Gasteiger partial charge on any atom is 0.236 e. The molecular weight excluding hydrogens is 326 g/mol.